The number of hydrogen-bond acceptors (Lipinski definition) is 2. The van der Waals surface area contributed by atoms with Crippen LogP contribution in [0.15, 0.2) is 0 Å². The van der Waals surface area contributed by atoms with Gasteiger partial charge in [-0.15, -0.1) is 0 Å². The molecule has 1 aliphatic heterocycles. The molecule has 1 saturated heterocycles. The van der Waals surface area contributed by atoms with E-state index in [4.69, 9.17) is 0 Å². The van der Waals surface area contributed by atoms with Crippen LogP contribution in [-0.4, -0.2) is 36.5 Å². The third-order valence-corrected chi connectivity index (χ3v) is 3.00. The van der Waals surface area contributed by atoms with Crippen LogP contribution in [0.2, 0.25) is 0 Å². The Labute approximate surface area is 79.5 Å². The topological polar surface area (TPSA) is 32.3 Å². The molecule has 74 valence electrons. The van der Waals surface area contributed by atoms with Gasteiger partial charge in [-0.2, -0.15) is 0 Å². The minimum atomic E-state index is 0.148. The van der Waals surface area contributed by atoms with Gasteiger partial charge in [-0.1, -0.05) is 6.42 Å². The van der Waals surface area contributed by atoms with Gasteiger partial charge in [-0.05, 0) is 39.3 Å². The maximum Gasteiger partial charge on any atom is 0.237 e. The minimum absolute atomic E-state index is 0.148. The molecular formula is C10H18N2O. The molecule has 3 heteroatoms. The highest BCUT2D eigenvalue weighted by atomic mass is 16.2. The first-order valence-corrected chi connectivity index (χ1v) is 5.28. The van der Waals surface area contributed by atoms with E-state index in [-0.39, 0.29) is 11.9 Å². The van der Waals surface area contributed by atoms with Crippen molar-refractivity contribution in [2.24, 2.45) is 0 Å². The minimum Gasteiger partial charge on any atom is -0.352 e. The number of nitrogens with one attached hydrogen (secondary N) is 1. The van der Waals surface area contributed by atoms with Gasteiger partial charge in [0.25, 0.3) is 0 Å². The molecule has 1 atom stereocenters. The highest BCUT2D eigenvalue weighted by Crippen LogP contribution is 2.21. The van der Waals surface area contributed by atoms with Gasteiger partial charge in [0.1, 0.15) is 0 Å². The molecule has 2 aliphatic rings. The molecule has 0 aromatic rings. The first-order valence-electron chi connectivity index (χ1n) is 5.28. The Hall–Kier alpha value is -0.570. The lowest BCUT2D eigenvalue weighted by Crippen LogP contribution is -2.48. The Kier molecular flexibility index (Phi) is 2.54. The van der Waals surface area contributed by atoms with Crippen LogP contribution in [0, 0.1) is 0 Å². The Balaban J connectivity index is 1.85. The maximum atomic E-state index is 11.7. The van der Waals surface area contributed by atoms with Crippen molar-refractivity contribution in [1.29, 1.82) is 0 Å². The summed E-state index contributed by atoms with van der Waals surface area (Å²) >= 11 is 0. The molecule has 1 heterocycles. The van der Waals surface area contributed by atoms with E-state index in [1.165, 1.54) is 25.7 Å². The van der Waals surface area contributed by atoms with Crippen LogP contribution in [-0.2, 0) is 4.79 Å². The maximum absolute atomic E-state index is 11.7. The summed E-state index contributed by atoms with van der Waals surface area (Å²) in [7, 11) is 2.05. The summed E-state index contributed by atoms with van der Waals surface area (Å²) in [6, 6.07) is 0.650. The molecule has 13 heavy (non-hydrogen) atoms. The van der Waals surface area contributed by atoms with Crippen molar-refractivity contribution in [3.63, 3.8) is 0 Å². The van der Waals surface area contributed by atoms with Crippen molar-refractivity contribution in [2.75, 3.05) is 13.6 Å². The van der Waals surface area contributed by atoms with E-state index in [0.717, 1.165) is 13.0 Å². The van der Waals surface area contributed by atoms with Crippen LogP contribution in [0.3, 0.4) is 0 Å². The van der Waals surface area contributed by atoms with Crippen molar-refractivity contribution < 1.29 is 4.79 Å². The van der Waals surface area contributed by atoms with Crippen LogP contribution < -0.4 is 5.32 Å². The van der Waals surface area contributed by atoms with Crippen molar-refractivity contribution in [1.82, 2.24) is 10.2 Å². The zero-order chi connectivity index (χ0) is 9.26. The predicted octanol–water partition coefficient (Wildman–Crippen LogP) is 0.749. The molecule has 2 fully saturated rings. The third kappa shape index (κ3) is 2.21. The lowest BCUT2D eigenvalue weighted by molar-refractivity contribution is -0.127. The summed E-state index contributed by atoms with van der Waals surface area (Å²) in [4.78, 5) is 13.9. The number of carbonyl (C=O) groups excluding carboxylic acids is 1. The summed E-state index contributed by atoms with van der Waals surface area (Å²) < 4.78 is 0. The van der Waals surface area contributed by atoms with Gasteiger partial charge >= 0.3 is 0 Å². The number of likely N-dealkylation sites (N-methyl/N-ethyl adjacent to an activating group) is 1. The van der Waals surface area contributed by atoms with Gasteiger partial charge in [0.2, 0.25) is 5.91 Å². The first kappa shape index (κ1) is 9.00. The lowest BCUT2D eigenvalue weighted by Gasteiger charge is -2.31. The molecule has 2 rings (SSSR count). The second kappa shape index (κ2) is 3.66. The van der Waals surface area contributed by atoms with E-state index in [2.05, 4.69) is 17.3 Å². The molecule has 0 radical (unpaired) electrons. The highest BCUT2D eigenvalue weighted by Gasteiger charge is 2.30. The molecule has 0 aromatic heterocycles. The van der Waals surface area contributed by atoms with E-state index in [1.54, 1.807) is 0 Å². The lowest BCUT2D eigenvalue weighted by atomic mass is 10.0. The number of piperidine rings is 1. The summed E-state index contributed by atoms with van der Waals surface area (Å²) in [5, 5.41) is 3.07. The molecule has 0 bridgehead atoms. The molecule has 1 unspecified atom stereocenters. The largest absolute Gasteiger partial charge is 0.352 e. The van der Waals surface area contributed by atoms with Crippen LogP contribution >= 0.6 is 0 Å². The third-order valence-electron chi connectivity index (χ3n) is 3.00. The normalized spacial score (nSPS) is 30.1. The van der Waals surface area contributed by atoms with Crippen LogP contribution in [0.5, 0.6) is 0 Å². The molecule has 0 aromatic carbocycles. The standard InChI is InChI=1S/C10H18N2O/c1-12-7-3-2-4-9(12)10(13)11-8-5-6-8/h8-9H,2-7H2,1H3,(H,11,13). The van der Waals surface area contributed by atoms with Crippen molar-refractivity contribution >= 4 is 5.91 Å². The fourth-order valence-corrected chi connectivity index (χ4v) is 1.93. The van der Waals surface area contributed by atoms with E-state index >= 15 is 0 Å². The second-order valence-corrected chi connectivity index (χ2v) is 4.28. The molecule has 1 saturated carbocycles. The monoisotopic (exact) mass is 182 g/mol. The summed E-state index contributed by atoms with van der Waals surface area (Å²) in [5.74, 6) is 0.254. The van der Waals surface area contributed by atoms with Crippen LogP contribution in [0.25, 0.3) is 0 Å². The van der Waals surface area contributed by atoms with Gasteiger partial charge in [0.15, 0.2) is 0 Å². The van der Waals surface area contributed by atoms with Gasteiger partial charge < -0.3 is 5.32 Å². The molecule has 1 N–H and O–H groups in total. The van der Waals surface area contributed by atoms with Crippen molar-refractivity contribution in [2.45, 2.75) is 44.2 Å². The van der Waals surface area contributed by atoms with Gasteiger partial charge in [-0.25, -0.2) is 0 Å². The molecule has 0 spiro atoms. The number of rotatable bonds is 2. The average Bonchev–Trinajstić information content (AvgIpc) is 2.89. The van der Waals surface area contributed by atoms with E-state index < -0.39 is 0 Å². The van der Waals surface area contributed by atoms with Gasteiger partial charge in [0, 0.05) is 6.04 Å². The zero-order valence-corrected chi connectivity index (χ0v) is 8.25. The predicted molar refractivity (Wildman–Crippen MR) is 51.4 cm³/mol. The number of amides is 1. The number of nitrogens with zero attached hydrogens (tertiary/aromatic N) is 1. The number of carbonyl (C=O) groups is 1. The summed E-state index contributed by atoms with van der Waals surface area (Å²) in [6.45, 7) is 1.07. The van der Waals surface area contributed by atoms with E-state index in [9.17, 15) is 4.79 Å². The number of hydrogen-bond donors (Lipinski definition) is 1. The van der Waals surface area contributed by atoms with Crippen LogP contribution in [0.1, 0.15) is 32.1 Å². The molecular weight excluding hydrogens is 164 g/mol. The molecule has 1 amide bonds. The second-order valence-electron chi connectivity index (χ2n) is 4.28. The summed E-state index contributed by atoms with van der Waals surface area (Å²) in [5.41, 5.74) is 0. The van der Waals surface area contributed by atoms with Crippen molar-refractivity contribution in [3.8, 4) is 0 Å². The van der Waals surface area contributed by atoms with E-state index in [1.807, 2.05) is 0 Å². The highest BCUT2D eigenvalue weighted by molar-refractivity contribution is 5.82. The van der Waals surface area contributed by atoms with Gasteiger partial charge in [0.05, 0.1) is 6.04 Å². The fourth-order valence-electron chi connectivity index (χ4n) is 1.93. The smallest absolute Gasteiger partial charge is 0.237 e. The average molecular weight is 182 g/mol. The fraction of sp³-hybridized carbons (Fsp3) is 0.900. The Morgan fingerprint density at radius 2 is 2.08 bits per heavy atom. The SMILES string of the molecule is CN1CCCCC1C(=O)NC1CC1. The molecule has 3 nitrogen and oxygen atoms in total. The van der Waals surface area contributed by atoms with E-state index in [0.29, 0.717) is 6.04 Å². The Morgan fingerprint density at radius 3 is 2.69 bits per heavy atom. The Morgan fingerprint density at radius 1 is 1.31 bits per heavy atom. The van der Waals surface area contributed by atoms with Crippen LogP contribution in [0.4, 0.5) is 0 Å². The number of likely N-dealkylation sites (tertiary alicyclic amines) is 1. The first-order chi connectivity index (χ1) is 6.27. The Bertz CT molecular complexity index is 201. The molecule has 1 aliphatic carbocycles. The van der Waals surface area contributed by atoms with Crippen molar-refractivity contribution in [3.05, 3.63) is 0 Å². The summed E-state index contributed by atoms with van der Waals surface area (Å²) in [6.07, 6.45) is 5.84. The van der Waals surface area contributed by atoms with Gasteiger partial charge in [-0.3, -0.25) is 9.69 Å². The quantitative estimate of drug-likeness (QED) is 0.683. The zero-order valence-electron chi connectivity index (χ0n) is 8.25.